The molecule has 2 rings (SSSR count). The highest BCUT2D eigenvalue weighted by atomic mass is 15.1. The molecule has 0 aliphatic rings. The molecule has 0 bridgehead atoms. The third-order valence-corrected chi connectivity index (χ3v) is 2.58. The Morgan fingerprint density at radius 3 is 2.17 bits per heavy atom. The van der Waals surface area contributed by atoms with E-state index in [0.717, 1.165) is 11.4 Å². The summed E-state index contributed by atoms with van der Waals surface area (Å²) in [5.41, 5.74) is 9.05. The topological polar surface area (TPSA) is 54.0 Å². The average molecular weight is 240 g/mol. The molecule has 2 aromatic carbocycles. The molecule has 0 aliphatic heterocycles. The normalized spacial score (nSPS) is 10.8. The van der Waals surface area contributed by atoms with Crippen molar-refractivity contribution in [2.24, 2.45) is 10.2 Å². The van der Waals surface area contributed by atoms with Crippen molar-refractivity contribution in [1.82, 2.24) is 0 Å². The number of anilines is 2. The van der Waals surface area contributed by atoms with Crippen LogP contribution in [0, 0.1) is 0 Å². The summed E-state index contributed by atoms with van der Waals surface area (Å²) in [6, 6.07) is 15.3. The second kappa shape index (κ2) is 5.31. The zero-order valence-electron chi connectivity index (χ0n) is 10.5. The van der Waals surface area contributed by atoms with Crippen LogP contribution in [0.15, 0.2) is 58.8 Å². The number of nitrogen functional groups attached to an aromatic ring is 1. The molecule has 4 heteroatoms. The molecule has 2 aromatic rings. The first-order chi connectivity index (χ1) is 8.66. The zero-order chi connectivity index (χ0) is 13.0. The van der Waals surface area contributed by atoms with E-state index in [1.54, 1.807) is 0 Å². The van der Waals surface area contributed by atoms with Gasteiger partial charge in [0.05, 0.1) is 11.4 Å². The van der Waals surface area contributed by atoms with Gasteiger partial charge in [0.15, 0.2) is 0 Å². The summed E-state index contributed by atoms with van der Waals surface area (Å²) >= 11 is 0. The SMILES string of the molecule is CN(C)c1ccc(/N=N/c2ccccc2N)cc1. The van der Waals surface area contributed by atoms with Crippen molar-refractivity contribution in [3.05, 3.63) is 48.5 Å². The zero-order valence-corrected chi connectivity index (χ0v) is 10.5. The van der Waals surface area contributed by atoms with Gasteiger partial charge in [0, 0.05) is 19.8 Å². The van der Waals surface area contributed by atoms with E-state index in [9.17, 15) is 0 Å². The van der Waals surface area contributed by atoms with Gasteiger partial charge in [0.1, 0.15) is 5.69 Å². The van der Waals surface area contributed by atoms with Gasteiger partial charge in [-0.05, 0) is 36.4 Å². The monoisotopic (exact) mass is 240 g/mol. The number of nitrogens with zero attached hydrogens (tertiary/aromatic N) is 3. The first kappa shape index (κ1) is 12.1. The molecule has 0 saturated heterocycles. The maximum Gasteiger partial charge on any atom is 0.109 e. The fraction of sp³-hybridized carbons (Fsp3) is 0.143. The molecule has 0 spiro atoms. The maximum atomic E-state index is 5.79. The van der Waals surface area contributed by atoms with Crippen molar-refractivity contribution in [3.8, 4) is 0 Å². The molecule has 0 amide bonds. The number of hydrogen-bond donors (Lipinski definition) is 1. The lowest BCUT2D eigenvalue weighted by atomic mass is 10.3. The van der Waals surface area contributed by atoms with Crippen molar-refractivity contribution < 1.29 is 0 Å². The van der Waals surface area contributed by atoms with E-state index in [2.05, 4.69) is 10.2 Å². The lowest BCUT2D eigenvalue weighted by Gasteiger charge is -2.11. The summed E-state index contributed by atoms with van der Waals surface area (Å²) < 4.78 is 0. The second-order valence-corrected chi connectivity index (χ2v) is 4.17. The smallest absolute Gasteiger partial charge is 0.109 e. The fourth-order valence-corrected chi connectivity index (χ4v) is 1.51. The Bertz CT molecular complexity index is 544. The van der Waals surface area contributed by atoms with Crippen LogP contribution in [0.3, 0.4) is 0 Å². The largest absolute Gasteiger partial charge is 0.397 e. The lowest BCUT2D eigenvalue weighted by molar-refractivity contribution is 1.13. The van der Waals surface area contributed by atoms with Gasteiger partial charge in [-0.2, -0.15) is 5.11 Å². The molecule has 2 N–H and O–H groups in total. The lowest BCUT2D eigenvalue weighted by Crippen LogP contribution is -2.07. The number of rotatable bonds is 3. The molecule has 0 radical (unpaired) electrons. The van der Waals surface area contributed by atoms with E-state index in [0.29, 0.717) is 11.4 Å². The van der Waals surface area contributed by atoms with Crippen molar-refractivity contribution >= 4 is 22.7 Å². The molecule has 0 aliphatic carbocycles. The van der Waals surface area contributed by atoms with Gasteiger partial charge in [-0.3, -0.25) is 0 Å². The van der Waals surface area contributed by atoms with E-state index in [4.69, 9.17) is 5.73 Å². The summed E-state index contributed by atoms with van der Waals surface area (Å²) in [5, 5.41) is 8.30. The highest BCUT2D eigenvalue weighted by Gasteiger charge is 1.96. The van der Waals surface area contributed by atoms with E-state index in [-0.39, 0.29) is 0 Å². The van der Waals surface area contributed by atoms with Gasteiger partial charge in [0.25, 0.3) is 0 Å². The predicted molar refractivity (Wildman–Crippen MR) is 75.8 cm³/mol. The molecular formula is C14H16N4. The van der Waals surface area contributed by atoms with Crippen LogP contribution >= 0.6 is 0 Å². The Morgan fingerprint density at radius 2 is 1.56 bits per heavy atom. The molecule has 0 unspecified atom stereocenters. The molecule has 0 aromatic heterocycles. The van der Waals surface area contributed by atoms with Gasteiger partial charge in [-0.25, -0.2) is 0 Å². The molecule has 0 heterocycles. The van der Waals surface area contributed by atoms with Crippen molar-refractivity contribution in [1.29, 1.82) is 0 Å². The van der Waals surface area contributed by atoms with Gasteiger partial charge >= 0.3 is 0 Å². The van der Waals surface area contributed by atoms with E-state index < -0.39 is 0 Å². The summed E-state index contributed by atoms with van der Waals surface area (Å²) in [5.74, 6) is 0. The van der Waals surface area contributed by atoms with Crippen LogP contribution in [0.2, 0.25) is 0 Å². The quantitative estimate of drug-likeness (QED) is 0.656. The minimum absolute atomic E-state index is 0.631. The Balaban J connectivity index is 2.17. The number of hydrogen-bond acceptors (Lipinski definition) is 4. The summed E-state index contributed by atoms with van der Waals surface area (Å²) in [6.07, 6.45) is 0. The molecule has 0 fully saturated rings. The van der Waals surface area contributed by atoms with Gasteiger partial charge in [-0.15, -0.1) is 5.11 Å². The van der Waals surface area contributed by atoms with E-state index in [1.807, 2.05) is 67.5 Å². The van der Waals surface area contributed by atoms with Crippen molar-refractivity contribution in [2.75, 3.05) is 24.7 Å². The van der Waals surface area contributed by atoms with E-state index >= 15 is 0 Å². The second-order valence-electron chi connectivity index (χ2n) is 4.17. The van der Waals surface area contributed by atoms with Gasteiger partial charge in [-0.1, -0.05) is 12.1 Å². The van der Waals surface area contributed by atoms with Crippen LogP contribution in [0.5, 0.6) is 0 Å². The van der Waals surface area contributed by atoms with E-state index in [1.165, 1.54) is 0 Å². The summed E-state index contributed by atoms with van der Waals surface area (Å²) in [6.45, 7) is 0. The molecule has 0 atom stereocenters. The minimum atomic E-state index is 0.631. The molecule has 18 heavy (non-hydrogen) atoms. The summed E-state index contributed by atoms with van der Waals surface area (Å²) in [7, 11) is 4.00. The van der Waals surface area contributed by atoms with Crippen LogP contribution < -0.4 is 10.6 Å². The van der Waals surface area contributed by atoms with Crippen LogP contribution in [0.1, 0.15) is 0 Å². The standard InChI is InChI=1S/C14H16N4/c1-18(2)12-9-7-11(8-10-12)16-17-14-6-4-3-5-13(14)15/h3-10H,15H2,1-2H3/b17-16+. The van der Waals surface area contributed by atoms with Gasteiger partial charge < -0.3 is 10.6 Å². The number of nitrogens with two attached hydrogens (primary N) is 1. The van der Waals surface area contributed by atoms with Crippen molar-refractivity contribution in [3.63, 3.8) is 0 Å². The maximum absolute atomic E-state index is 5.79. The average Bonchev–Trinajstić information content (AvgIpc) is 2.38. The fourth-order valence-electron chi connectivity index (χ4n) is 1.51. The van der Waals surface area contributed by atoms with Crippen LogP contribution in [-0.4, -0.2) is 14.1 Å². The van der Waals surface area contributed by atoms with Crippen molar-refractivity contribution in [2.45, 2.75) is 0 Å². The number of para-hydroxylation sites is 1. The highest BCUT2D eigenvalue weighted by molar-refractivity contribution is 5.61. The first-order valence-corrected chi connectivity index (χ1v) is 5.70. The molecule has 92 valence electrons. The summed E-state index contributed by atoms with van der Waals surface area (Å²) in [4.78, 5) is 2.04. The number of azo groups is 1. The highest BCUT2D eigenvalue weighted by Crippen LogP contribution is 2.24. The Hall–Kier alpha value is -2.36. The molecular weight excluding hydrogens is 224 g/mol. The van der Waals surface area contributed by atoms with Gasteiger partial charge in [0.2, 0.25) is 0 Å². The predicted octanol–water partition coefficient (Wildman–Crippen LogP) is 3.75. The number of benzene rings is 2. The van der Waals surface area contributed by atoms with Crippen LogP contribution in [0.4, 0.5) is 22.7 Å². The van der Waals surface area contributed by atoms with Crippen LogP contribution in [-0.2, 0) is 0 Å². The molecule has 4 nitrogen and oxygen atoms in total. The minimum Gasteiger partial charge on any atom is -0.397 e. The first-order valence-electron chi connectivity index (χ1n) is 5.70. The Kier molecular flexibility index (Phi) is 3.57. The third kappa shape index (κ3) is 2.85. The van der Waals surface area contributed by atoms with Crippen LogP contribution in [0.25, 0.3) is 0 Å². The third-order valence-electron chi connectivity index (χ3n) is 2.58. The Morgan fingerprint density at radius 1 is 0.889 bits per heavy atom. The molecule has 0 saturated carbocycles. The Labute approximate surface area is 107 Å².